The number of aromatic hydroxyl groups is 1. The summed E-state index contributed by atoms with van der Waals surface area (Å²) < 4.78 is 0. The first-order valence-corrected chi connectivity index (χ1v) is 11.6. The molecule has 3 amide bonds. The summed E-state index contributed by atoms with van der Waals surface area (Å²) in [5, 5.41) is 14.6. The van der Waals surface area contributed by atoms with Gasteiger partial charge < -0.3 is 21.5 Å². The van der Waals surface area contributed by atoms with Crippen LogP contribution in [0.25, 0.3) is 0 Å². The molecule has 0 saturated heterocycles. The normalized spacial score (nSPS) is 11.6. The fraction of sp³-hybridized carbons (Fsp3) is 0.625. The molecule has 0 radical (unpaired) electrons. The number of benzene rings is 1. The van der Waals surface area contributed by atoms with Crippen LogP contribution in [0.2, 0.25) is 0 Å². The Bertz CT molecular complexity index is 661. The van der Waals surface area contributed by atoms with Crippen molar-refractivity contribution >= 4 is 17.7 Å². The molecule has 31 heavy (non-hydrogen) atoms. The van der Waals surface area contributed by atoms with E-state index in [0.29, 0.717) is 19.4 Å². The first kappa shape index (κ1) is 26.5. The van der Waals surface area contributed by atoms with Gasteiger partial charge in [0.25, 0.3) is 0 Å². The van der Waals surface area contributed by atoms with Gasteiger partial charge in [0.1, 0.15) is 11.8 Å². The summed E-state index contributed by atoms with van der Waals surface area (Å²) in [7, 11) is 0. The highest BCUT2D eigenvalue weighted by Crippen LogP contribution is 2.11. The number of hydrogen-bond donors (Lipinski definition) is 4. The van der Waals surface area contributed by atoms with Gasteiger partial charge in [0.05, 0.1) is 6.42 Å². The number of phenols is 1. The summed E-state index contributed by atoms with van der Waals surface area (Å²) >= 11 is 0. The van der Waals surface area contributed by atoms with Gasteiger partial charge in [-0.25, -0.2) is 0 Å². The molecule has 1 aromatic rings. The molecule has 0 aliphatic rings. The molecule has 1 atom stereocenters. The van der Waals surface area contributed by atoms with Gasteiger partial charge >= 0.3 is 0 Å². The van der Waals surface area contributed by atoms with E-state index in [0.717, 1.165) is 24.8 Å². The fourth-order valence-corrected chi connectivity index (χ4v) is 3.35. The van der Waals surface area contributed by atoms with Crippen molar-refractivity contribution in [2.24, 2.45) is 5.73 Å². The predicted octanol–water partition coefficient (Wildman–Crippen LogP) is 3.33. The Morgan fingerprint density at radius 3 is 2.06 bits per heavy atom. The lowest BCUT2D eigenvalue weighted by atomic mass is 10.1. The number of amides is 3. The molecule has 5 N–H and O–H groups in total. The van der Waals surface area contributed by atoms with Crippen LogP contribution in [-0.4, -0.2) is 35.4 Å². The smallest absolute Gasteiger partial charge is 0.240 e. The van der Waals surface area contributed by atoms with Crippen LogP contribution in [0.4, 0.5) is 0 Å². The molecule has 0 heterocycles. The molecule has 0 saturated carbocycles. The van der Waals surface area contributed by atoms with Crippen LogP contribution in [0.1, 0.15) is 83.1 Å². The van der Waals surface area contributed by atoms with Crippen LogP contribution in [0.3, 0.4) is 0 Å². The Labute approximate surface area is 186 Å². The van der Waals surface area contributed by atoms with Gasteiger partial charge in [-0.05, 0) is 30.5 Å². The molecule has 0 unspecified atom stereocenters. The molecule has 0 bridgehead atoms. The van der Waals surface area contributed by atoms with E-state index in [-0.39, 0.29) is 24.0 Å². The van der Waals surface area contributed by atoms with E-state index >= 15 is 0 Å². The van der Waals surface area contributed by atoms with Gasteiger partial charge in [0.2, 0.25) is 17.7 Å². The van der Waals surface area contributed by atoms with Crippen LogP contribution >= 0.6 is 0 Å². The summed E-state index contributed by atoms with van der Waals surface area (Å²) in [6.07, 6.45) is 11.2. The topological polar surface area (TPSA) is 122 Å². The third kappa shape index (κ3) is 13.4. The molecule has 0 spiro atoms. The number of carbonyl (C=O) groups excluding carboxylic acids is 3. The van der Waals surface area contributed by atoms with Gasteiger partial charge in [0.15, 0.2) is 0 Å². The van der Waals surface area contributed by atoms with Crippen molar-refractivity contribution in [2.75, 3.05) is 6.54 Å². The average Bonchev–Trinajstić information content (AvgIpc) is 2.73. The van der Waals surface area contributed by atoms with E-state index < -0.39 is 11.9 Å². The lowest BCUT2D eigenvalue weighted by molar-refractivity contribution is -0.130. The van der Waals surface area contributed by atoms with Gasteiger partial charge in [-0.2, -0.15) is 0 Å². The number of hydrogen-bond acceptors (Lipinski definition) is 4. The predicted molar refractivity (Wildman–Crippen MR) is 122 cm³/mol. The number of nitrogens with two attached hydrogens (primary N) is 1. The largest absolute Gasteiger partial charge is 0.508 e. The molecule has 0 aliphatic carbocycles. The van der Waals surface area contributed by atoms with Crippen LogP contribution in [-0.2, 0) is 20.8 Å². The maximum absolute atomic E-state index is 12.1. The van der Waals surface area contributed by atoms with Crippen molar-refractivity contribution in [2.45, 2.75) is 90.0 Å². The van der Waals surface area contributed by atoms with Crippen LogP contribution in [0.15, 0.2) is 24.3 Å². The zero-order valence-corrected chi connectivity index (χ0v) is 18.8. The third-order valence-corrected chi connectivity index (χ3v) is 5.25. The van der Waals surface area contributed by atoms with Crippen molar-refractivity contribution in [1.82, 2.24) is 10.6 Å². The summed E-state index contributed by atoms with van der Waals surface area (Å²) in [5.41, 5.74) is 6.33. The van der Waals surface area contributed by atoms with E-state index in [1.807, 2.05) is 0 Å². The number of phenolic OH excluding ortho intramolecular Hbond substituents is 1. The Kier molecular flexibility index (Phi) is 13.8. The molecule has 7 nitrogen and oxygen atoms in total. The van der Waals surface area contributed by atoms with Crippen molar-refractivity contribution in [3.63, 3.8) is 0 Å². The second-order valence-electron chi connectivity index (χ2n) is 8.07. The van der Waals surface area contributed by atoms with E-state index in [4.69, 9.17) is 5.73 Å². The van der Waals surface area contributed by atoms with E-state index in [9.17, 15) is 19.5 Å². The molecular formula is C24H39N3O4. The minimum atomic E-state index is -1.00. The highest BCUT2D eigenvalue weighted by Gasteiger charge is 2.21. The minimum absolute atomic E-state index is 0.172. The summed E-state index contributed by atoms with van der Waals surface area (Å²) in [5.74, 6) is -1.11. The van der Waals surface area contributed by atoms with E-state index in [1.54, 1.807) is 24.3 Å². The quantitative estimate of drug-likeness (QED) is 0.282. The highest BCUT2D eigenvalue weighted by atomic mass is 16.3. The molecule has 1 aromatic carbocycles. The molecule has 0 aliphatic heterocycles. The molecule has 0 aromatic heterocycles. The van der Waals surface area contributed by atoms with Crippen molar-refractivity contribution in [3.05, 3.63) is 29.8 Å². The maximum Gasteiger partial charge on any atom is 0.240 e. The number of primary amides is 1. The Morgan fingerprint density at radius 1 is 0.903 bits per heavy atom. The standard InChI is InChI=1S/C24H39N3O4/c1-2-3-4-5-6-7-8-9-10-11-22(29)27-21(24(25)31)18-23(30)26-17-16-19-12-14-20(28)15-13-19/h12-15,21,28H,2-11,16-18H2,1H3,(H2,25,31)(H,26,30)(H,27,29)/t21-/m1/s1. The molecule has 1 rings (SSSR count). The summed E-state index contributed by atoms with van der Waals surface area (Å²) in [4.78, 5) is 35.8. The van der Waals surface area contributed by atoms with E-state index in [2.05, 4.69) is 17.6 Å². The Balaban J connectivity index is 2.19. The van der Waals surface area contributed by atoms with Crippen LogP contribution in [0.5, 0.6) is 5.75 Å². The highest BCUT2D eigenvalue weighted by molar-refractivity contribution is 5.91. The molecule has 0 fully saturated rings. The van der Waals surface area contributed by atoms with Crippen LogP contribution in [0, 0.1) is 0 Å². The molecular weight excluding hydrogens is 394 g/mol. The van der Waals surface area contributed by atoms with Gasteiger partial charge in [-0.1, -0.05) is 70.4 Å². The monoisotopic (exact) mass is 433 g/mol. The summed E-state index contributed by atoms with van der Waals surface area (Å²) in [6.45, 7) is 2.60. The number of unbranched alkanes of at least 4 members (excludes halogenated alkanes) is 8. The number of rotatable bonds is 17. The first-order chi connectivity index (χ1) is 14.9. The van der Waals surface area contributed by atoms with Gasteiger partial charge in [-0.15, -0.1) is 0 Å². The summed E-state index contributed by atoms with van der Waals surface area (Å²) in [6, 6.07) is 5.73. The second-order valence-corrected chi connectivity index (χ2v) is 8.07. The Hall–Kier alpha value is -2.57. The molecule has 7 heteroatoms. The lowest BCUT2D eigenvalue weighted by Crippen LogP contribution is -2.47. The van der Waals surface area contributed by atoms with Crippen molar-refractivity contribution < 1.29 is 19.5 Å². The zero-order valence-electron chi connectivity index (χ0n) is 18.8. The fourth-order valence-electron chi connectivity index (χ4n) is 3.35. The Morgan fingerprint density at radius 2 is 1.48 bits per heavy atom. The maximum atomic E-state index is 12.1. The number of nitrogens with one attached hydrogen (secondary N) is 2. The van der Waals surface area contributed by atoms with E-state index in [1.165, 1.54) is 38.5 Å². The second kappa shape index (κ2) is 16.2. The molecule has 174 valence electrons. The minimum Gasteiger partial charge on any atom is -0.508 e. The van der Waals surface area contributed by atoms with Gasteiger partial charge in [0, 0.05) is 13.0 Å². The first-order valence-electron chi connectivity index (χ1n) is 11.6. The average molecular weight is 434 g/mol. The van der Waals surface area contributed by atoms with Crippen molar-refractivity contribution in [3.8, 4) is 5.75 Å². The third-order valence-electron chi connectivity index (χ3n) is 5.25. The number of carbonyl (C=O) groups is 3. The van der Waals surface area contributed by atoms with Crippen LogP contribution < -0.4 is 16.4 Å². The van der Waals surface area contributed by atoms with Gasteiger partial charge in [-0.3, -0.25) is 14.4 Å². The van der Waals surface area contributed by atoms with Crippen molar-refractivity contribution in [1.29, 1.82) is 0 Å². The SMILES string of the molecule is CCCCCCCCCCCC(=O)N[C@H](CC(=O)NCCc1ccc(O)cc1)C(N)=O. The lowest BCUT2D eigenvalue weighted by Gasteiger charge is -2.15. The zero-order chi connectivity index (χ0) is 22.9.